The summed E-state index contributed by atoms with van der Waals surface area (Å²) in [6.45, 7) is 0. The lowest BCUT2D eigenvalue weighted by Gasteiger charge is -2.11. The Morgan fingerprint density at radius 2 is 1.12 bits per heavy atom. The van der Waals surface area contributed by atoms with Crippen LogP contribution in [0.1, 0.15) is 0 Å². The molecule has 0 unspecified atom stereocenters. The van der Waals surface area contributed by atoms with Crippen molar-refractivity contribution in [3.63, 3.8) is 0 Å². The highest BCUT2D eigenvalue weighted by atomic mass is 15.0. The molecule has 0 saturated heterocycles. The molecule has 10 rings (SSSR count). The van der Waals surface area contributed by atoms with Crippen LogP contribution >= 0.6 is 0 Å². The maximum atomic E-state index is 4.73. The fraction of sp³-hybridized carbons (Fsp3) is 0. The van der Waals surface area contributed by atoms with E-state index in [1.807, 2.05) is 18.6 Å². The Labute approximate surface area is 245 Å². The Morgan fingerprint density at radius 1 is 0.442 bits per heavy atom. The van der Waals surface area contributed by atoms with Gasteiger partial charge in [0, 0.05) is 73.9 Å². The van der Waals surface area contributed by atoms with Crippen LogP contribution in [0.25, 0.3) is 82.3 Å². The third-order valence-electron chi connectivity index (χ3n) is 8.96. The van der Waals surface area contributed by atoms with Crippen LogP contribution in [0.4, 0.5) is 0 Å². The number of pyridine rings is 2. The lowest BCUT2D eigenvalue weighted by atomic mass is 10.0. The molecule has 200 valence electrons. The van der Waals surface area contributed by atoms with Crippen molar-refractivity contribution in [1.29, 1.82) is 0 Å². The molecule has 0 aliphatic carbocycles. The number of hydrogen-bond acceptors (Lipinski definition) is 2. The Bertz CT molecular complexity index is 2710. The zero-order valence-corrected chi connectivity index (χ0v) is 23.0. The van der Waals surface area contributed by atoms with Crippen molar-refractivity contribution in [3.05, 3.63) is 140 Å². The van der Waals surface area contributed by atoms with Gasteiger partial charge in [-0.3, -0.25) is 9.38 Å². The lowest BCUT2D eigenvalue weighted by molar-refractivity contribution is 1.17. The first-order chi connectivity index (χ1) is 21.4. The molecule has 5 aromatic carbocycles. The highest BCUT2D eigenvalue weighted by Crippen LogP contribution is 2.44. The smallest absolute Gasteiger partial charge is 0.145 e. The van der Waals surface area contributed by atoms with E-state index in [-0.39, 0.29) is 0 Å². The van der Waals surface area contributed by atoms with Gasteiger partial charge in [-0.25, -0.2) is 4.98 Å². The summed E-state index contributed by atoms with van der Waals surface area (Å²) in [5, 5.41) is 8.36. The summed E-state index contributed by atoms with van der Waals surface area (Å²) in [5.41, 5.74) is 9.10. The van der Waals surface area contributed by atoms with E-state index >= 15 is 0 Å². The van der Waals surface area contributed by atoms with Gasteiger partial charge in [0.2, 0.25) is 0 Å². The predicted molar refractivity (Wildman–Crippen MR) is 177 cm³/mol. The molecule has 5 nitrogen and oxygen atoms in total. The van der Waals surface area contributed by atoms with Gasteiger partial charge >= 0.3 is 0 Å². The van der Waals surface area contributed by atoms with Crippen molar-refractivity contribution in [2.75, 3.05) is 0 Å². The van der Waals surface area contributed by atoms with E-state index in [4.69, 9.17) is 4.98 Å². The van der Waals surface area contributed by atoms with Gasteiger partial charge in [0.05, 0.1) is 27.6 Å². The molecule has 10 aromatic rings. The van der Waals surface area contributed by atoms with E-state index in [1.54, 1.807) is 0 Å². The van der Waals surface area contributed by atoms with Crippen LogP contribution < -0.4 is 0 Å². The fourth-order valence-electron chi connectivity index (χ4n) is 7.23. The molecule has 0 amide bonds. The minimum atomic E-state index is 0.944. The molecule has 5 heteroatoms. The molecule has 0 radical (unpaired) electrons. The highest BCUT2D eigenvalue weighted by molar-refractivity contribution is 6.30. The van der Waals surface area contributed by atoms with Crippen LogP contribution in [0.3, 0.4) is 0 Å². The van der Waals surface area contributed by atoms with Gasteiger partial charge in [-0.2, -0.15) is 0 Å². The Morgan fingerprint density at radius 3 is 1.88 bits per heavy atom. The first-order valence-corrected chi connectivity index (χ1v) is 14.5. The van der Waals surface area contributed by atoms with Crippen LogP contribution in [0.5, 0.6) is 0 Å². The Kier molecular flexibility index (Phi) is 4.39. The van der Waals surface area contributed by atoms with E-state index in [0.29, 0.717) is 0 Å². The number of fused-ring (bicyclic) bond motifs is 13. The quantitative estimate of drug-likeness (QED) is 0.202. The topological polar surface area (TPSA) is 40.1 Å². The Balaban J connectivity index is 1.49. The second-order valence-electron chi connectivity index (χ2n) is 11.1. The molecule has 43 heavy (non-hydrogen) atoms. The number of hydrogen-bond donors (Lipinski definition) is 0. The monoisotopic (exact) mass is 549 g/mol. The molecular weight excluding hydrogens is 526 g/mol. The van der Waals surface area contributed by atoms with Crippen molar-refractivity contribution in [2.45, 2.75) is 0 Å². The van der Waals surface area contributed by atoms with Crippen LogP contribution in [0.15, 0.2) is 140 Å². The summed E-state index contributed by atoms with van der Waals surface area (Å²) in [6.07, 6.45) is 7.77. The maximum absolute atomic E-state index is 4.73. The largest absolute Gasteiger partial charge is 0.309 e. The standard InChI is InChI=1S/C38H23N5/c1-3-9-24(10-4-1)42-31-14-8-7-13-27(31)36-32(42)15-16-33-37(36)29-21-28-30-23-39-18-17-26(30)38-40-19-20-41(38)34(28)22-35(29)43(33)25-11-5-2-6-12-25/h1-23H. The molecule has 0 saturated carbocycles. The van der Waals surface area contributed by atoms with Crippen molar-refractivity contribution < 1.29 is 0 Å². The van der Waals surface area contributed by atoms with Gasteiger partial charge in [0.1, 0.15) is 5.65 Å². The molecule has 0 bridgehead atoms. The number of nitrogens with zero attached hydrogens (tertiary/aromatic N) is 5. The highest BCUT2D eigenvalue weighted by Gasteiger charge is 2.22. The van der Waals surface area contributed by atoms with Crippen LogP contribution in [0.2, 0.25) is 0 Å². The minimum absolute atomic E-state index is 0.944. The SMILES string of the molecule is c1ccc(-n2c3ccccc3c3c4c5cc6c7cnccc7c7nccn7c6cc5n(-c5ccccc5)c4ccc32)cc1. The first-order valence-electron chi connectivity index (χ1n) is 14.5. The van der Waals surface area contributed by atoms with Gasteiger partial charge in [-0.05, 0) is 60.7 Å². The van der Waals surface area contributed by atoms with Gasteiger partial charge in [0.25, 0.3) is 0 Å². The van der Waals surface area contributed by atoms with Gasteiger partial charge < -0.3 is 9.13 Å². The number of imidazole rings is 1. The van der Waals surface area contributed by atoms with Gasteiger partial charge in [-0.15, -0.1) is 0 Å². The summed E-state index contributed by atoms with van der Waals surface area (Å²) < 4.78 is 7.01. The molecule has 0 N–H and O–H groups in total. The second kappa shape index (κ2) is 8.30. The molecule has 5 heterocycles. The Hall–Kier alpha value is -5.94. The molecule has 0 aliphatic heterocycles. The average Bonchev–Trinajstić information content (AvgIpc) is 3.78. The van der Waals surface area contributed by atoms with Crippen LogP contribution in [-0.4, -0.2) is 23.5 Å². The average molecular weight is 550 g/mol. The van der Waals surface area contributed by atoms with Crippen molar-refractivity contribution in [3.8, 4) is 11.4 Å². The fourth-order valence-corrected chi connectivity index (χ4v) is 7.23. The van der Waals surface area contributed by atoms with Crippen LogP contribution in [-0.2, 0) is 0 Å². The summed E-state index contributed by atoms with van der Waals surface area (Å²) in [7, 11) is 0. The summed E-state index contributed by atoms with van der Waals surface area (Å²) in [4.78, 5) is 9.26. The maximum Gasteiger partial charge on any atom is 0.145 e. The minimum Gasteiger partial charge on any atom is -0.309 e. The van der Waals surface area contributed by atoms with E-state index in [9.17, 15) is 0 Å². The molecular formula is C38H23N5. The van der Waals surface area contributed by atoms with Gasteiger partial charge in [-0.1, -0.05) is 54.6 Å². The lowest BCUT2D eigenvalue weighted by Crippen LogP contribution is -1.95. The van der Waals surface area contributed by atoms with E-state index in [2.05, 4.69) is 140 Å². The number of aromatic nitrogens is 5. The number of para-hydroxylation sites is 3. The summed E-state index contributed by atoms with van der Waals surface area (Å²) in [6, 6.07) is 41.5. The molecule has 0 fully saturated rings. The zero-order valence-electron chi connectivity index (χ0n) is 23.0. The normalized spacial score (nSPS) is 12.2. The van der Waals surface area contributed by atoms with Crippen molar-refractivity contribution >= 4 is 70.9 Å². The number of rotatable bonds is 2. The third kappa shape index (κ3) is 2.95. The number of benzene rings is 5. The van der Waals surface area contributed by atoms with Crippen molar-refractivity contribution in [2.24, 2.45) is 0 Å². The zero-order chi connectivity index (χ0) is 28.1. The van der Waals surface area contributed by atoms with Crippen molar-refractivity contribution in [1.82, 2.24) is 23.5 Å². The van der Waals surface area contributed by atoms with Gasteiger partial charge in [0.15, 0.2) is 0 Å². The molecule has 5 aromatic heterocycles. The summed E-state index contributed by atoms with van der Waals surface area (Å²) >= 11 is 0. The predicted octanol–water partition coefficient (Wildman–Crippen LogP) is 9.23. The van der Waals surface area contributed by atoms with E-state index < -0.39 is 0 Å². The van der Waals surface area contributed by atoms with E-state index in [0.717, 1.165) is 44.2 Å². The van der Waals surface area contributed by atoms with E-state index in [1.165, 1.54) is 38.1 Å². The van der Waals surface area contributed by atoms with Crippen LogP contribution in [0, 0.1) is 0 Å². The summed E-state index contributed by atoms with van der Waals surface area (Å²) in [5.74, 6) is 0. The second-order valence-corrected chi connectivity index (χ2v) is 11.1. The third-order valence-corrected chi connectivity index (χ3v) is 8.96. The molecule has 0 spiro atoms. The molecule has 0 aliphatic rings. The first kappa shape index (κ1) is 22.7. The molecule has 0 atom stereocenters.